The zero-order chi connectivity index (χ0) is 13.2. The Morgan fingerprint density at radius 1 is 1.16 bits per heavy atom. The van der Waals surface area contributed by atoms with Gasteiger partial charge in [0.1, 0.15) is 5.82 Å². The summed E-state index contributed by atoms with van der Waals surface area (Å²) in [6.45, 7) is 0. The maximum absolute atomic E-state index is 10.2. The molecule has 0 spiro atoms. The molecular weight excluding hydrogens is 306 g/mol. The molecule has 0 radical (unpaired) electrons. The second kappa shape index (κ2) is 4.80. The molecular formula is C14H8BrN3O. The molecule has 0 aliphatic carbocycles. The highest BCUT2D eigenvalue weighted by atomic mass is 79.9. The first-order valence-electron chi connectivity index (χ1n) is 5.60. The molecule has 0 aliphatic heterocycles. The fourth-order valence-corrected chi connectivity index (χ4v) is 2.13. The van der Waals surface area contributed by atoms with Crippen LogP contribution < -0.4 is 0 Å². The molecule has 0 unspecified atom stereocenters. The molecule has 5 heteroatoms. The predicted octanol–water partition coefficient (Wildman–Crippen LogP) is 3.96. The zero-order valence-corrected chi connectivity index (χ0v) is 11.3. The van der Waals surface area contributed by atoms with Crippen molar-refractivity contribution in [3.63, 3.8) is 0 Å². The zero-order valence-electron chi connectivity index (χ0n) is 9.72. The molecule has 0 bridgehead atoms. The summed E-state index contributed by atoms with van der Waals surface area (Å²) in [4.78, 5) is 21.6. The number of hydrogen-bond donors (Lipinski definition) is 1. The fraction of sp³-hybridized carbons (Fsp3) is 0. The van der Waals surface area contributed by atoms with Crippen LogP contribution in [0.1, 0.15) is 0 Å². The molecule has 0 fully saturated rings. The van der Waals surface area contributed by atoms with E-state index in [1.54, 1.807) is 12.1 Å². The summed E-state index contributed by atoms with van der Waals surface area (Å²) in [6, 6.07) is 13.2. The van der Waals surface area contributed by atoms with Gasteiger partial charge < -0.3 is 4.98 Å². The number of rotatable bonds is 2. The number of aromatic amines is 1. The van der Waals surface area contributed by atoms with E-state index in [9.17, 15) is 4.79 Å². The maximum Gasteiger partial charge on any atom is 0.240 e. The lowest BCUT2D eigenvalue weighted by molar-refractivity contribution is 0.565. The predicted molar refractivity (Wildman–Crippen MR) is 77.0 cm³/mol. The van der Waals surface area contributed by atoms with Crippen molar-refractivity contribution in [2.24, 2.45) is 4.99 Å². The van der Waals surface area contributed by atoms with E-state index in [0.29, 0.717) is 5.69 Å². The van der Waals surface area contributed by atoms with Crippen LogP contribution >= 0.6 is 15.9 Å². The van der Waals surface area contributed by atoms with Crippen LogP contribution in [0, 0.1) is 0 Å². The van der Waals surface area contributed by atoms with E-state index in [0.717, 1.165) is 26.9 Å². The van der Waals surface area contributed by atoms with Crippen LogP contribution in [0.4, 0.5) is 5.69 Å². The molecule has 0 saturated heterocycles. The second-order valence-electron chi connectivity index (χ2n) is 4.00. The summed E-state index contributed by atoms with van der Waals surface area (Å²) >= 11 is 3.40. The number of benzene rings is 2. The number of H-pyrrole nitrogens is 1. The van der Waals surface area contributed by atoms with Gasteiger partial charge in [0.25, 0.3) is 0 Å². The smallest absolute Gasteiger partial charge is 0.240 e. The Hall–Kier alpha value is -2.23. The number of imidazole rings is 1. The highest BCUT2D eigenvalue weighted by molar-refractivity contribution is 9.10. The van der Waals surface area contributed by atoms with Crippen molar-refractivity contribution < 1.29 is 4.79 Å². The van der Waals surface area contributed by atoms with E-state index in [-0.39, 0.29) is 0 Å². The molecule has 0 amide bonds. The van der Waals surface area contributed by atoms with Gasteiger partial charge in [-0.15, -0.1) is 0 Å². The van der Waals surface area contributed by atoms with Gasteiger partial charge in [-0.25, -0.2) is 9.78 Å². The third kappa shape index (κ3) is 2.34. The monoisotopic (exact) mass is 313 g/mol. The van der Waals surface area contributed by atoms with Crippen LogP contribution in [0.25, 0.3) is 22.4 Å². The van der Waals surface area contributed by atoms with Crippen LogP contribution in [-0.4, -0.2) is 16.0 Å². The average molecular weight is 314 g/mol. The normalized spacial score (nSPS) is 10.4. The van der Waals surface area contributed by atoms with Gasteiger partial charge in [0.05, 0.1) is 16.7 Å². The number of carbonyl (C=O) groups excluding carboxylic acids is 1. The maximum atomic E-state index is 10.2. The summed E-state index contributed by atoms with van der Waals surface area (Å²) in [5.74, 6) is 0.787. The van der Waals surface area contributed by atoms with Gasteiger partial charge in [-0.1, -0.05) is 28.1 Å². The van der Waals surface area contributed by atoms with E-state index < -0.39 is 0 Å². The number of isocyanates is 1. The fourth-order valence-electron chi connectivity index (χ4n) is 1.86. The highest BCUT2D eigenvalue weighted by Crippen LogP contribution is 2.24. The molecule has 1 aromatic heterocycles. The van der Waals surface area contributed by atoms with Crippen LogP contribution in [0.3, 0.4) is 0 Å². The number of hydrogen-bond acceptors (Lipinski definition) is 3. The SMILES string of the molecule is O=C=Nc1ccc2nc(-c3ccc(Br)cc3)[nH]c2c1. The molecule has 0 atom stereocenters. The van der Waals surface area contributed by atoms with Crippen molar-refractivity contribution in [2.45, 2.75) is 0 Å². The van der Waals surface area contributed by atoms with Gasteiger partial charge in [-0.2, -0.15) is 4.99 Å². The number of nitrogens with one attached hydrogen (secondary N) is 1. The highest BCUT2D eigenvalue weighted by Gasteiger charge is 2.05. The Morgan fingerprint density at radius 2 is 1.95 bits per heavy atom. The minimum Gasteiger partial charge on any atom is -0.338 e. The van der Waals surface area contributed by atoms with Gasteiger partial charge in [-0.3, -0.25) is 0 Å². The topological polar surface area (TPSA) is 58.1 Å². The van der Waals surface area contributed by atoms with Gasteiger partial charge in [0.15, 0.2) is 0 Å². The van der Waals surface area contributed by atoms with Crippen molar-refractivity contribution in [1.29, 1.82) is 0 Å². The lowest BCUT2D eigenvalue weighted by Gasteiger charge is -1.95. The molecule has 3 aromatic rings. The first-order chi connectivity index (χ1) is 9.26. The number of nitrogens with zero attached hydrogens (tertiary/aromatic N) is 2. The van der Waals surface area contributed by atoms with E-state index in [1.807, 2.05) is 30.3 Å². The summed E-state index contributed by atoms with van der Waals surface area (Å²) in [5, 5.41) is 0. The Bertz CT molecular complexity index is 786. The van der Waals surface area contributed by atoms with Gasteiger partial charge in [-0.05, 0) is 30.3 Å². The van der Waals surface area contributed by atoms with E-state index in [2.05, 4.69) is 30.9 Å². The van der Waals surface area contributed by atoms with Gasteiger partial charge >= 0.3 is 0 Å². The number of fused-ring (bicyclic) bond motifs is 1. The molecule has 1 heterocycles. The van der Waals surface area contributed by atoms with E-state index >= 15 is 0 Å². The molecule has 2 aromatic carbocycles. The number of aliphatic imine (C=N–C) groups is 1. The van der Waals surface area contributed by atoms with E-state index in [1.165, 1.54) is 6.08 Å². The third-order valence-corrected chi connectivity index (χ3v) is 3.29. The van der Waals surface area contributed by atoms with Crippen molar-refractivity contribution in [1.82, 2.24) is 9.97 Å². The third-order valence-electron chi connectivity index (χ3n) is 2.76. The van der Waals surface area contributed by atoms with Gasteiger partial charge in [0, 0.05) is 10.0 Å². The molecule has 4 nitrogen and oxygen atoms in total. The number of aromatic nitrogens is 2. The molecule has 1 N–H and O–H groups in total. The van der Waals surface area contributed by atoms with Crippen LogP contribution in [0.15, 0.2) is 51.9 Å². The summed E-state index contributed by atoms with van der Waals surface area (Å²) in [6.07, 6.45) is 1.53. The van der Waals surface area contributed by atoms with E-state index in [4.69, 9.17) is 0 Å². The molecule has 3 rings (SSSR count). The van der Waals surface area contributed by atoms with Gasteiger partial charge in [0.2, 0.25) is 6.08 Å². The first-order valence-corrected chi connectivity index (χ1v) is 6.39. The minimum absolute atomic E-state index is 0.563. The Balaban J connectivity index is 2.10. The van der Waals surface area contributed by atoms with Crippen molar-refractivity contribution in [3.05, 3.63) is 46.9 Å². The van der Waals surface area contributed by atoms with Crippen LogP contribution in [-0.2, 0) is 4.79 Å². The average Bonchev–Trinajstić information content (AvgIpc) is 2.83. The Kier molecular flexibility index (Phi) is 2.99. The van der Waals surface area contributed by atoms with Crippen LogP contribution in [0.2, 0.25) is 0 Å². The Morgan fingerprint density at radius 3 is 2.68 bits per heavy atom. The van der Waals surface area contributed by atoms with Crippen LogP contribution in [0.5, 0.6) is 0 Å². The standard InChI is InChI=1S/C14H8BrN3O/c15-10-3-1-9(2-4-10)14-17-12-6-5-11(16-8-19)7-13(12)18-14/h1-7H,(H,17,18). The van der Waals surface area contributed by atoms with Crippen molar-refractivity contribution in [3.8, 4) is 11.4 Å². The number of halogens is 1. The lowest BCUT2D eigenvalue weighted by Crippen LogP contribution is -1.78. The summed E-state index contributed by atoms with van der Waals surface area (Å²) in [7, 11) is 0. The Labute approximate surface area is 117 Å². The quantitative estimate of drug-likeness (QED) is 0.575. The minimum atomic E-state index is 0.563. The first kappa shape index (κ1) is 11.8. The molecule has 0 aliphatic rings. The van der Waals surface area contributed by atoms with Crippen molar-refractivity contribution >= 4 is 38.7 Å². The largest absolute Gasteiger partial charge is 0.338 e. The lowest BCUT2D eigenvalue weighted by atomic mass is 10.2. The van der Waals surface area contributed by atoms with Crippen molar-refractivity contribution in [2.75, 3.05) is 0 Å². The molecule has 19 heavy (non-hydrogen) atoms. The summed E-state index contributed by atoms with van der Waals surface area (Å²) in [5.41, 5.74) is 3.24. The molecule has 0 saturated carbocycles. The molecule has 92 valence electrons. The summed E-state index contributed by atoms with van der Waals surface area (Å²) < 4.78 is 1.02. The second-order valence-corrected chi connectivity index (χ2v) is 4.91.